The summed E-state index contributed by atoms with van der Waals surface area (Å²) in [6, 6.07) is 10.5. The van der Waals surface area contributed by atoms with Crippen LogP contribution in [0.15, 0.2) is 42.6 Å². The van der Waals surface area contributed by atoms with Crippen molar-refractivity contribution < 1.29 is 9.53 Å². The van der Waals surface area contributed by atoms with Crippen LogP contribution in [0.5, 0.6) is 5.75 Å². The van der Waals surface area contributed by atoms with Gasteiger partial charge in [-0.2, -0.15) is 5.10 Å². The van der Waals surface area contributed by atoms with Crippen LogP contribution in [0.4, 0.5) is 5.82 Å². The van der Waals surface area contributed by atoms with E-state index in [0.717, 1.165) is 5.52 Å². The maximum Gasteiger partial charge on any atom is 0.256 e. The van der Waals surface area contributed by atoms with Crippen LogP contribution in [0.3, 0.4) is 0 Å². The Morgan fingerprint density at radius 2 is 2.05 bits per heavy atom. The molecule has 100 valence electrons. The lowest BCUT2D eigenvalue weighted by molar-refractivity contribution is 0.102. The molecule has 0 saturated carbocycles. The van der Waals surface area contributed by atoms with Gasteiger partial charge in [0, 0.05) is 11.8 Å². The fourth-order valence-corrected chi connectivity index (χ4v) is 1.86. The number of amides is 1. The van der Waals surface area contributed by atoms with Gasteiger partial charge in [-0.05, 0) is 36.4 Å². The standard InChI is InChI=1S/C14H12N4O2/c1-20-10-6-4-9(5-7-10)14(19)16-13-12-11(17-18-13)3-2-8-15-12/h2-8H,1H3,(H2,16,17,18,19). The van der Waals surface area contributed by atoms with E-state index in [0.29, 0.717) is 22.6 Å². The third-order valence-electron chi connectivity index (χ3n) is 2.90. The number of carbonyl (C=O) groups is 1. The lowest BCUT2D eigenvalue weighted by Gasteiger charge is -2.03. The lowest BCUT2D eigenvalue weighted by Crippen LogP contribution is -2.12. The van der Waals surface area contributed by atoms with Gasteiger partial charge >= 0.3 is 0 Å². The number of nitrogens with zero attached hydrogens (tertiary/aromatic N) is 2. The Balaban J connectivity index is 1.84. The van der Waals surface area contributed by atoms with Crippen LogP contribution in [0.25, 0.3) is 11.0 Å². The van der Waals surface area contributed by atoms with E-state index in [1.165, 1.54) is 0 Å². The Hall–Kier alpha value is -2.89. The molecule has 0 unspecified atom stereocenters. The SMILES string of the molecule is COc1ccc(C(=O)Nc2n[nH]c3cccnc23)cc1. The zero-order valence-electron chi connectivity index (χ0n) is 10.8. The first-order valence-electron chi connectivity index (χ1n) is 6.02. The van der Waals surface area contributed by atoms with E-state index in [2.05, 4.69) is 20.5 Å². The van der Waals surface area contributed by atoms with E-state index in [9.17, 15) is 4.79 Å². The molecule has 0 aliphatic rings. The van der Waals surface area contributed by atoms with E-state index >= 15 is 0 Å². The number of hydrogen-bond acceptors (Lipinski definition) is 4. The minimum Gasteiger partial charge on any atom is -0.497 e. The average molecular weight is 268 g/mol. The molecule has 0 aliphatic carbocycles. The first kappa shape index (κ1) is 12.2. The van der Waals surface area contributed by atoms with E-state index in [4.69, 9.17) is 4.74 Å². The van der Waals surface area contributed by atoms with Crippen molar-refractivity contribution in [1.82, 2.24) is 15.2 Å². The van der Waals surface area contributed by atoms with Gasteiger partial charge in [-0.25, -0.2) is 0 Å². The van der Waals surface area contributed by atoms with E-state index in [-0.39, 0.29) is 5.91 Å². The molecule has 0 saturated heterocycles. The van der Waals surface area contributed by atoms with Crippen molar-refractivity contribution in [2.45, 2.75) is 0 Å². The molecule has 3 aromatic rings. The summed E-state index contributed by atoms with van der Waals surface area (Å²) in [5.74, 6) is 0.876. The third kappa shape index (κ3) is 2.18. The molecule has 2 aromatic heterocycles. The van der Waals surface area contributed by atoms with E-state index < -0.39 is 0 Å². The smallest absolute Gasteiger partial charge is 0.256 e. The molecule has 6 nitrogen and oxygen atoms in total. The first-order chi connectivity index (χ1) is 9.78. The Kier molecular flexibility index (Phi) is 3.04. The zero-order valence-corrected chi connectivity index (χ0v) is 10.8. The van der Waals surface area contributed by atoms with Gasteiger partial charge in [0.1, 0.15) is 11.3 Å². The second-order valence-corrected chi connectivity index (χ2v) is 4.15. The summed E-state index contributed by atoms with van der Waals surface area (Å²) in [4.78, 5) is 16.3. The van der Waals surface area contributed by atoms with Gasteiger partial charge in [0.15, 0.2) is 5.82 Å². The highest BCUT2D eigenvalue weighted by Crippen LogP contribution is 2.18. The number of pyridine rings is 1. The molecule has 3 rings (SSSR count). The summed E-state index contributed by atoms with van der Waals surface area (Å²) in [6.45, 7) is 0. The van der Waals surface area contributed by atoms with Crippen molar-refractivity contribution in [1.29, 1.82) is 0 Å². The van der Waals surface area contributed by atoms with E-state index in [1.54, 1.807) is 43.6 Å². The number of aromatic amines is 1. The van der Waals surface area contributed by atoms with Gasteiger partial charge < -0.3 is 10.1 Å². The van der Waals surface area contributed by atoms with Gasteiger partial charge in [-0.15, -0.1) is 0 Å². The van der Waals surface area contributed by atoms with Gasteiger partial charge in [-0.3, -0.25) is 14.9 Å². The minimum atomic E-state index is -0.244. The Labute approximate surface area is 114 Å². The average Bonchev–Trinajstić information content (AvgIpc) is 2.91. The maximum absolute atomic E-state index is 12.1. The van der Waals surface area contributed by atoms with Crippen molar-refractivity contribution in [3.63, 3.8) is 0 Å². The predicted molar refractivity (Wildman–Crippen MR) is 74.8 cm³/mol. The molecule has 2 N–H and O–H groups in total. The Morgan fingerprint density at radius 1 is 1.25 bits per heavy atom. The highest BCUT2D eigenvalue weighted by Gasteiger charge is 2.11. The predicted octanol–water partition coefficient (Wildman–Crippen LogP) is 2.22. The number of aromatic nitrogens is 3. The summed E-state index contributed by atoms with van der Waals surface area (Å²) in [5, 5.41) is 9.60. The molecule has 20 heavy (non-hydrogen) atoms. The number of methoxy groups -OCH3 is 1. The van der Waals surface area contributed by atoms with Gasteiger partial charge in [-0.1, -0.05) is 0 Å². The number of nitrogens with one attached hydrogen (secondary N) is 2. The third-order valence-corrected chi connectivity index (χ3v) is 2.90. The monoisotopic (exact) mass is 268 g/mol. The van der Waals surface area contributed by atoms with Crippen LogP contribution < -0.4 is 10.1 Å². The summed E-state index contributed by atoms with van der Waals surface area (Å²) in [5.41, 5.74) is 1.93. The quantitative estimate of drug-likeness (QED) is 0.763. The molecule has 0 spiro atoms. The molecular formula is C14H12N4O2. The molecule has 0 atom stereocenters. The maximum atomic E-state index is 12.1. The van der Waals surface area contributed by atoms with Crippen molar-refractivity contribution in [3.8, 4) is 5.75 Å². The number of carbonyl (C=O) groups excluding carboxylic acids is 1. The van der Waals surface area contributed by atoms with Crippen LogP contribution in [0.1, 0.15) is 10.4 Å². The van der Waals surface area contributed by atoms with Gasteiger partial charge in [0.25, 0.3) is 5.91 Å². The normalized spacial score (nSPS) is 10.4. The molecule has 2 heterocycles. The fraction of sp³-hybridized carbons (Fsp3) is 0.0714. The zero-order chi connectivity index (χ0) is 13.9. The highest BCUT2D eigenvalue weighted by atomic mass is 16.5. The Bertz CT molecular complexity index is 749. The summed E-state index contributed by atoms with van der Waals surface area (Å²) in [6.07, 6.45) is 1.65. The second kappa shape index (κ2) is 5.00. The topological polar surface area (TPSA) is 79.9 Å². The van der Waals surface area contributed by atoms with Gasteiger partial charge in [0.05, 0.1) is 12.6 Å². The molecular weight excluding hydrogens is 256 g/mol. The molecule has 0 aliphatic heterocycles. The van der Waals surface area contributed by atoms with Crippen LogP contribution in [-0.4, -0.2) is 28.2 Å². The summed E-state index contributed by atoms with van der Waals surface area (Å²) >= 11 is 0. The number of ether oxygens (including phenoxy) is 1. The van der Waals surface area contributed by atoms with Crippen LogP contribution >= 0.6 is 0 Å². The van der Waals surface area contributed by atoms with Crippen LogP contribution in [0, 0.1) is 0 Å². The molecule has 0 fully saturated rings. The van der Waals surface area contributed by atoms with E-state index in [1.807, 2.05) is 6.07 Å². The van der Waals surface area contributed by atoms with Crippen molar-refractivity contribution in [2.75, 3.05) is 12.4 Å². The molecule has 1 aromatic carbocycles. The summed E-state index contributed by atoms with van der Waals surface area (Å²) in [7, 11) is 1.58. The number of rotatable bonds is 3. The van der Waals surface area contributed by atoms with Crippen molar-refractivity contribution >= 4 is 22.8 Å². The number of hydrogen-bond donors (Lipinski definition) is 2. The van der Waals surface area contributed by atoms with Gasteiger partial charge in [0.2, 0.25) is 0 Å². The molecule has 0 bridgehead atoms. The number of fused-ring (bicyclic) bond motifs is 1. The number of H-pyrrole nitrogens is 1. The minimum absolute atomic E-state index is 0.244. The fourth-order valence-electron chi connectivity index (χ4n) is 1.86. The summed E-state index contributed by atoms with van der Waals surface area (Å²) < 4.78 is 5.05. The lowest BCUT2D eigenvalue weighted by atomic mass is 10.2. The highest BCUT2D eigenvalue weighted by molar-refractivity contribution is 6.07. The second-order valence-electron chi connectivity index (χ2n) is 4.15. The molecule has 0 radical (unpaired) electrons. The van der Waals surface area contributed by atoms with Crippen molar-refractivity contribution in [3.05, 3.63) is 48.2 Å². The molecule has 1 amide bonds. The van der Waals surface area contributed by atoms with Crippen LogP contribution in [-0.2, 0) is 0 Å². The largest absolute Gasteiger partial charge is 0.497 e. The number of benzene rings is 1. The van der Waals surface area contributed by atoms with Crippen molar-refractivity contribution in [2.24, 2.45) is 0 Å². The van der Waals surface area contributed by atoms with Crippen LogP contribution in [0.2, 0.25) is 0 Å². The first-order valence-corrected chi connectivity index (χ1v) is 6.02. The Morgan fingerprint density at radius 3 is 2.80 bits per heavy atom. The number of anilines is 1. The molecule has 6 heteroatoms.